The molecule has 0 saturated heterocycles. The zero-order valence-electron chi connectivity index (χ0n) is 10.6. The minimum absolute atomic E-state index is 0.0527. The first-order valence-electron chi connectivity index (χ1n) is 5.77. The lowest BCUT2D eigenvalue weighted by Crippen LogP contribution is -2.42. The molecule has 2 rings (SSSR count). The van der Waals surface area contributed by atoms with Crippen molar-refractivity contribution in [3.8, 4) is 0 Å². The Labute approximate surface area is 119 Å². The predicted molar refractivity (Wildman–Crippen MR) is 72.3 cm³/mol. The molecule has 1 aromatic carbocycles. The number of hydrogen-bond acceptors (Lipinski definition) is 4. The number of carbonyl (C=O) groups excluding carboxylic acids is 2. The fourth-order valence-corrected chi connectivity index (χ4v) is 3.19. The van der Waals surface area contributed by atoms with Crippen molar-refractivity contribution in [2.24, 2.45) is 0 Å². The molecule has 2 amide bonds. The van der Waals surface area contributed by atoms with E-state index in [4.69, 9.17) is 0 Å². The van der Waals surface area contributed by atoms with E-state index < -0.39 is 18.2 Å². The molecule has 0 heterocycles. The lowest BCUT2D eigenvalue weighted by atomic mass is 10.1. The lowest BCUT2D eigenvalue weighted by Gasteiger charge is -2.27. The summed E-state index contributed by atoms with van der Waals surface area (Å²) >= 11 is 3.52. The van der Waals surface area contributed by atoms with Crippen LogP contribution < -0.4 is 0 Å². The average molecular weight is 328 g/mol. The van der Waals surface area contributed by atoms with Gasteiger partial charge in [-0.05, 0) is 17.5 Å². The first-order chi connectivity index (χ1) is 9.10. The second-order valence-corrected chi connectivity index (χ2v) is 5.35. The maximum atomic E-state index is 11.8. The third-order valence-corrected chi connectivity index (χ3v) is 3.98. The molecule has 0 aromatic heterocycles. The fraction of sp³-hybridized carbons (Fsp3) is 0.385. The summed E-state index contributed by atoms with van der Waals surface area (Å²) in [6, 6.07) is 7.28. The van der Waals surface area contributed by atoms with Crippen LogP contribution in [0.15, 0.2) is 24.3 Å². The molecule has 1 aromatic rings. The topological polar surface area (TPSA) is 55.8 Å². The summed E-state index contributed by atoms with van der Waals surface area (Å²) in [5.74, 6) is 0. The Morgan fingerprint density at radius 1 is 1.21 bits per heavy atom. The van der Waals surface area contributed by atoms with Gasteiger partial charge in [-0.3, -0.25) is 0 Å². The normalized spacial score (nSPS) is 20.6. The molecule has 0 N–H and O–H groups in total. The summed E-state index contributed by atoms with van der Waals surface area (Å²) in [4.78, 5) is 24.6. The highest BCUT2D eigenvalue weighted by Crippen LogP contribution is 2.40. The maximum Gasteiger partial charge on any atom is 0.419 e. The number of nitrogens with zero attached hydrogens (tertiary/aromatic N) is 1. The van der Waals surface area contributed by atoms with Gasteiger partial charge in [-0.15, -0.1) is 0 Å². The van der Waals surface area contributed by atoms with Gasteiger partial charge in [0.2, 0.25) is 0 Å². The van der Waals surface area contributed by atoms with Crippen LogP contribution in [0.25, 0.3) is 0 Å². The van der Waals surface area contributed by atoms with Gasteiger partial charge >= 0.3 is 12.2 Å². The Morgan fingerprint density at radius 2 is 1.79 bits per heavy atom. The van der Waals surface area contributed by atoms with E-state index in [9.17, 15) is 9.59 Å². The number of carbonyl (C=O) groups is 2. The van der Waals surface area contributed by atoms with Gasteiger partial charge in [0.05, 0.1) is 20.3 Å². The van der Waals surface area contributed by atoms with Crippen LogP contribution in [-0.2, 0) is 15.9 Å². The highest BCUT2D eigenvalue weighted by atomic mass is 79.9. The lowest BCUT2D eigenvalue weighted by molar-refractivity contribution is 0.0840. The minimum atomic E-state index is -0.724. The fourth-order valence-electron chi connectivity index (χ4n) is 2.32. The third kappa shape index (κ3) is 2.45. The van der Waals surface area contributed by atoms with Gasteiger partial charge < -0.3 is 9.47 Å². The molecular weight excluding hydrogens is 314 g/mol. The highest BCUT2D eigenvalue weighted by molar-refractivity contribution is 9.09. The SMILES string of the molecule is COC(=O)N(C(=O)OC)C1c2ccccc2CC1Br. The molecule has 5 nitrogen and oxygen atoms in total. The molecule has 0 spiro atoms. The second-order valence-electron chi connectivity index (χ2n) is 4.17. The van der Waals surface area contributed by atoms with Crippen molar-refractivity contribution in [2.45, 2.75) is 17.3 Å². The van der Waals surface area contributed by atoms with Crippen molar-refractivity contribution < 1.29 is 19.1 Å². The van der Waals surface area contributed by atoms with Crippen LogP contribution >= 0.6 is 15.9 Å². The first kappa shape index (κ1) is 13.9. The Balaban J connectivity index is 2.42. The van der Waals surface area contributed by atoms with E-state index in [1.807, 2.05) is 24.3 Å². The zero-order chi connectivity index (χ0) is 14.0. The number of methoxy groups -OCH3 is 2. The number of amides is 2. The Hall–Kier alpha value is -1.56. The summed E-state index contributed by atoms with van der Waals surface area (Å²) in [6.07, 6.45) is -0.707. The molecule has 0 radical (unpaired) electrons. The van der Waals surface area contributed by atoms with Gasteiger partial charge in [-0.1, -0.05) is 40.2 Å². The predicted octanol–water partition coefficient (Wildman–Crippen LogP) is 2.88. The number of halogens is 1. The van der Waals surface area contributed by atoms with Crippen molar-refractivity contribution in [3.05, 3.63) is 35.4 Å². The van der Waals surface area contributed by atoms with Gasteiger partial charge in [0.1, 0.15) is 0 Å². The molecule has 2 unspecified atom stereocenters. The third-order valence-electron chi connectivity index (χ3n) is 3.15. The van der Waals surface area contributed by atoms with Crippen LogP contribution in [-0.4, -0.2) is 36.1 Å². The van der Waals surface area contributed by atoms with E-state index in [1.54, 1.807) is 0 Å². The van der Waals surface area contributed by atoms with Crippen molar-refractivity contribution >= 4 is 28.1 Å². The number of rotatable bonds is 1. The van der Waals surface area contributed by atoms with Gasteiger partial charge in [-0.25, -0.2) is 14.5 Å². The summed E-state index contributed by atoms with van der Waals surface area (Å²) in [6.45, 7) is 0. The smallest absolute Gasteiger partial charge is 0.419 e. The minimum Gasteiger partial charge on any atom is -0.452 e. The van der Waals surface area contributed by atoms with Gasteiger partial charge in [-0.2, -0.15) is 0 Å². The van der Waals surface area contributed by atoms with E-state index in [0.717, 1.165) is 22.4 Å². The summed E-state index contributed by atoms with van der Waals surface area (Å²) in [7, 11) is 2.48. The molecule has 1 aliphatic carbocycles. The van der Waals surface area contributed by atoms with Crippen molar-refractivity contribution in [2.75, 3.05) is 14.2 Å². The Kier molecular flexibility index (Phi) is 4.09. The molecule has 102 valence electrons. The largest absolute Gasteiger partial charge is 0.452 e. The Bertz CT molecular complexity index is 489. The van der Waals surface area contributed by atoms with E-state index in [2.05, 4.69) is 25.4 Å². The summed E-state index contributed by atoms with van der Waals surface area (Å²) < 4.78 is 9.35. The molecule has 0 fully saturated rings. The maximum absolute atomic E-state index is 11.8. The van der Waals surface area contributed by atoms with Crippen LogP contribution in [0, 0.1) is 0 Å². The molecule has 2 atom stereocenters. The van der Waals surface area contributed by atoms with Gasteiger partial charge in [0.15, 0.2) is 0 Å². The van der Waals surface area contributed by atoms with Crippen molar-refractivity contribution in [1.29, 1.82) is 0 Å². The van der Waals surface area contributed by atoms with Crippen LogP contribution in [0.2, 0.25) is 0 Å². The standard InChI is InChI=1S/C13H14BrNO4/c1-18-12(16)15(13(17)19-2)11-9-6-4-3-5-8(9)7-10(11)14/h3-6,10-11H,7H2,1-2H3. The molecule has 6 heteroatoms. The van der Waals surface area contributed by atoms with Crippen LogP contribution in [0.3, 0.4) is 0 Å². The number of benzene rings is 1. The molecule has 1 aliphatic rings. The number of fused-ring (bicyclic) bond motifs is 1. The molecule has 0 bridgehead atoms. The zero-order valence-corrected chi connectivity index (χ0v) is 12.2. The number of imide groups is 1. The number of hydrogen-bond donors (Lipinski definition) is 0. The van der Waals surface area contributed by atoms with Crippen LogP contribution in [0.1, 0.15) is 17.2 Å². The van der Waals surface area contributed by atoms with E-state index in [1.165, 1.54) is 14.2 Å². The van der Waals surface area contributed by atoms with Crippen LogP contribution in [0.5, 0.6) is 0 Å². The first-order valence-corrected chi connectivity index (χ1v) is 6.68. The van der Waals surface area contributed by atoms with Gasteiger partial charge in [0.25, 0.3) is 0 Å². The van der Waals surface area contributed by atoms with E-state index in [-0.39, 0.29) is 4.83 Å². The number of alkyl halides is 1. The van der Waals surface area contributed by atoms with Gasteiger partial charge in [0, 0.05) is 4.83 Å². The quantitative estimate of drug-likeness (QED) is 0.744. The highest BCUT2D eigenvalue weighted by Gasteiger charge is 2.41. The summed E-state index contributed by atoms with van der Waals surface area (Å²) in [5.41, 5.74) is 2.03. The molecule has 0 aliphatic heterocycles. The van der Waals surface area contributed by atoms with Crippen molar-refractivity contribution in [1.82, 2.24) is 4.90 Å². The molecule has 0 saturated carbocycles. The monoisotopic (exact) mass is 327 g/mol. The molecular formula is C13H14BrNO4. The number of ether oxygens (including phenoxy) is 2. The van der Waals surface area contributed by atoms with E-state index in [0.29, 0.717) is 0 Å². The second kappa shape index (κ2) is 5.61. The average Bonchev–Trinajstić information content (AvgIpc) is 2.75. The van der Waals surface area contributed by atoms with E-state index >= 15 is 0 Å². The Morgan fingerprint density at radius 3 is 2.37 bits per heavy atom. The van der Waals surface area contributed by atoms with Crippen LogP contribution in [0.4, 0.5) is 9.59 Å². The summed E-state index contributed by atoms with van der Waals surface area (Å²) in [5, 5.41) is 0. The molecule has 19 heavy (non-hydrogen) atoms. The van der Waals surface area contributed by atoms with Crippen molar-refractivity contribution in [3.63, 3.8) is 0 Å².